The molecule has 6 aromatic rings. The third-order valence-corrected chi connectivity index (χ3v) is 14.7. The number of nitrogens with one attached hydrogen (secondary N) is 4. The molecule has 0 unspecified atom stereocenters. The highest BCUT2D eigenvalue weighted by molar-refractivity contribution is 7.12. The van der Waals surface area contributed by atoms with Gasteiger partial charge in [-0.1, -0.05) is 48.5 Å². The lowest BCUT2D eigenvalue weighted by Crippen LogP contribution is -2.52. The van der Waals surface area contributed by atoms with Crippen molar-refractivity contribution in [2.75, 3.05) is 91.8 Å². The molecule has 0 spiro atoms. The molecule has 4 aromatic heterocycles. The van der Waals surface area contributed by atoms with Crippen LogP contribution in [0.5, 0.6) is 0 Å². The molecule has 2 saturated heterocycles. The first kappa shape index (κ1) is 80.0. The largest absolute Gasteiger partial charge is 0.480 e. The maximum absolute atomic E-state index is 13.1. The van der Waals surface area contributed by atoms with Crippen LogP contribution in [0.15, 0.2) is 119 Å². The Labute approximate surface area is 540 Å². The number of thiophene rings is 4. The quantitative estimate of drug-likeness (QED) is 0.0384. The molecule has 0 radical (unpaired) electrons. The highest BCUT2D eigenvalue weighted by Gasteiger charge is 2.38. The standard InChI is InChI=1S/C19H18F3N3O3S.C12H13F3N2O.C9H11NO3S.C7H7NO3S.C5H4O2S.C4H9NO2.2ClH/c20-19(21,22)14-5-2-1-4-13(14)18(28)25-9-7-24(8-10-25)16(26)12-23-17(27)15-6-3-11-29-15;13-12(14,15)10-4-2-1-3-9(10)11(18)17-7-5-16-6-8-17;1-2-13-8(11)6-10-9(12)7-4-3-5-14-7;9-6(10)4-8-7(11)5-2-1-3-12-5;6-5(7)4-2-1-3-8-4;1-2-7-4(6)3-5;;/h1-6,11H,7-10,12H2,(H,23,27);1-4,16H,5-8H2;3-5H,2,6H2,1H3,(H,10,12);1-3H,4H2,(H,8,11)(H,9,10);1-3H,(H,6,7);2-3,5H2,1H3;2*1H. The summed E-state index contributed by atoms with van der Waals surface area (Å²) in [7, 11) is 0. The van der Waals surface area contributed by atoms with Gasteiger partial charge < -0.3 is 61.4 Å². The molecule has 0 atom stereocenters. The summed E-state index contributed by atoms with van der Waals surface area (Å²) in [5, 5.41) is 33.9. The number of carboxylic acid groups (broad SMARTS) is 2. The summed E-state index contributed by atoms with van der Waals surface area (Å²) >= 11 is 5.10. The Bertz CT molecular complexity index is 3170. The SMILES string of the molecule is CCOC(=O)CN.CCOC(=O)CNC(=O)c1cccs1.Cl.Cl.O=C(NCC(=O)N1CCN(C(=O)c2ccccc2C(F)(F)F)CC1)c1cccs1.O=C(O)CNC(=O)c1cccs1.O=C(O)c1cccs1.O=C(c1ccccc1C(F)(F)F)N1CCNCC1. The molecule has 492 valence electrons. The fraction of sp³-hybridized carbons (Fsp3) is 0.321. The molecular weight excluding hydrogens is 1320 g/mol. The first-order chi connectivity index (χ1) is 41.8. The number of nitrogens with two attached hydrogens (primary N) is 1. The van der Waals surface area contributed by atoms with Crippen LogP contribution in [0.2, 0.25) is 0 Å². The van der Waals surface area contributed by atoms with Crippen molar-refractivity contribution in [3.63, 3.8) is 0 Å². The number of hydrogen-bond donors (Lipinski definition) is 7. The van der Waals surface area contributed by atoms with E-state index in [9.17, 15) is 74.3 Å². The molecule has 2 aromatic carbocycles. The first-order valence-corrected chi connectivity index (χ1v) is 29.7. The van der Waals surface area contributed by atoms with E-state index in [-0.39, 0.29) is 112 Å². The minimum atomic E-state index is -4.62. The molecule has 8 rings (SSSR count). The van der Waals surface area contributed by atoms with Gasteiger partial charge in [-0.3, -0.25) is 43.2 Å². The van der Waals surface area contributed by atoms with Crippen LogP contribution in [0.3, 0.4) is 0 Å². The Morgan fingerprint density at radius 2 is 0.856 bits per heavy atom. The number of benzene rings is 2. The van der Waals surface area contributed by atoms with E-state index in [0.29, 0.717) is 58.9 Å². The van der Waals surface area contributed by atoms with Crippen molar-refractivity contribution in [2.45, 2.75) is 26.2 Å². The second-order valence-electron chi connectivity index (χ2n) is 17.3. The summed E-state index contributed by atoms with van der Waals surface area (Å²) in [6, 6.07) is 23.1. The number of halogens is 8. The molecule has 2 fully saturated rings. The van der Waals surface area contributed by atoms with Crippen molar-refractivity contribution in [3.8, 4) is 0 Å². The smallest absolute Gasteiger partial charge is 0.417 e. The van der Waals surface area contributed by atoms with Gasteiger partial charge in [0, 0.05) is 52.4 Å². The van der Waals surface area contributed by atoms with Gasteiger partial charge in [-0.25, -0.2) is 4.79 Å². The van der Waals surface area contributed by atoms with E-state index in [2.05, 4.69) is 30.7 Å². The van der Waals surface area contributed by atoms with E-state index in [0.717, 1.165) is 18.2 Å². The molecule has 0 aliphatic carbocycles. The number of carbonyl (C=O) groups excluding carboxylic acids is 8. The zero-order valence-corrected chi connectivity index (χ0v) is 52.8. The number of aliphatic carboxylic acids is 1. The van der Waals surface area contributed by atoms with Gasteiger partial charge in [0.2, 0.25) is 5.91 Å². The van der Waals surface area contributed by atoms with Gasteiger partial charge in [0.25, 0.3) is 29.5 Å². The number of carboxylic acids is 2. The lowest BCUT2D eigenvalue weighted by molar-refractivity contribution is -0.142. The van der Waals surface area contributed by atoms with Gasteiger partial charge in [-0.05, 0) is 83.9 Å². The van der Waals surface area contributed by atoms with Crippen molar-refractivity contribution in [1.29, 1.82) is 0 Å². The molecule has 90 heavy (non-hydrogen) atoms. The topological polar surface area (TPSA) is 313 Å². The average Bonchev–Trinajstić information content (AvgIpc) is 2.65. The predicted molar refractivity (Wildman–Crippen MR) is 330 cm³/mol. The van der Waals surface area contributed by atoms with Crippen molar-refractivity contribution in [2.24, 2.45) is 5.73 Å². The number of aromatic carboxylic acids is 1. The van der Waals surface area contributed by atoms with Crippen molar-refractivity contribution in [1.82, 2.24) is 36.0 Å². The Morgan fingerprint density at radius 1 is 0.500 bits per heavy atom. The minimum absolute atomic E-state index is 0. The normalized spacial score (nSPS) is 12.2. The van der Waals surface area contributed by atoms with Crippen LogP contribution < -0.4 is 27.0 Å². The molecule has 6 heterocycles. The highest BCUT2D eigenvalue weighted by atomic mass is 35.5. The number of amides is 6. The molecule has 22 nitrogen and oxygen atoms in total. The number of alkyl halides is 6. The molecule has 2 aliphatic rings. The van der Waals surface area contributed by atoms with Crippen molar-refractivity contribution >= 4 is 129 Å². The average molecular weight is 1390 g/mol. The van der Waals surface area contributed by atoms with Crippen LogP contribution in [-0.2, 0) is 41.0 Å². The zero-order chi connectivity index (χ0) is 65.2. The molecule has 34 heteroatoms. The van der Waals surface area contributed by atoms with Gasteiger partial charge >= 0.3 is 36.2 Å². The summed E-state index contributed by atoms with van der Waals surface area (Å²) in [5.74, 6) is -5.15. The van der Waals surface area contributed by atoms with Gasteiger partial charge in [0.05, 0.1) is 63.2 Å². The fourth-order valence-corrected chi connectivity index (χ4v) is 9.58. The Morgan fingerprint density at radius 3 is 1.19 bits per heavy atom. The number of esters is 2. The van der Waals surface area contributed by atoms with Crippen LogP contribution in [0, 0.1) is 0 Å². The number of rotatable bonds is 15. The number of carbonyl (C=O) groups is 10. The monoisotopic (exact) mass is 1380 g/mol. The van der Waals surface area contributed by atoms with Gasteiger partial charge in [0.15, 0.2) is 0 Å². The number of ether oxygens (including phenoxy) is 2. The van der Waals surface area contributed by atoms with E-state index in [1.165, 1.54) is 90.4 Å². The van der Waals surface area contributed by atoms with Crippen LogP contribution in [-0.4, -0.2) is 176 Å². The highest BCUT2D eigenvalue weighted by Crippen LogP contribution is 2.34. The van der Waals surface area contributed by atoms with Crippen LogP contribution in [0.1, 0.15) is 84.4 Å². The summed E-state index contributed by atoms with van der Waals surface area (Å²) in [4.78, 5) is 118. The lowest BCUT2D eigenvalue weighted by atomic mass is 10.1. The third-order valence-electron chi connectivity index (χ3n) is 11.2. The molecule has 6 amide bonds. The first-order valence-electron chi connectivity index (χ1n) is 26.2. The van der Waals surface area contributed by atoms with E-state index in [1.807, 2.05) is 0 Å². The predicted octanol–water partition coefficient (Wildman–Crippen LogP) is 7.63. The summed E-state index contributed by atoms with van der Waals surface area (Å²) in [6.07, 6.45) is -9.12. The molecular formula is C56H64Cl2F6N8O14S4. The summed E-state index contributed by atoms with van der Waals surface area (Å²) in [6.45, 7) is 6.30. The second kappa shape index (κ2) is 42.1. The van der Waals surface area contributed by atoms with Gasteiger partial charge in [-0.2, -0.15) is 26.3 Å². The zero-order valence-electron chi connectivity index (χ0n) is 47.9. The number of hydrogen-bond acceptors (Lipinski definition) is 18. The summed E-state index contributed by atoms with van der Waals surface area (Å²) in [5.41, 5.74) is 2.37. The van der Waals surface area contributed by atoms with E-state index >= 15 is 0 Å². The van der Waals surface area contributed by atoms with Crippen molar-refractivity contribution in [3.05, 3.63) is 160 Å². The van der Waals surface area contributed by atoms with Gasteiger partial charge in [-0.15, -0.1) is 70.2 Å². The summed E-state index contributed by atoms with van der Waals surface area (Å²) < 4.78 is 86.9. The van der Waals surface area contributed by atoms with Crippen molar-refractivity contribution < 1.29 is 94.0 Å². The molecule has 0 saturated carbocycles. The maximum atomic E-state index is 13.1. The fourth-order valence-electron chi connectivity index (χ4n) is 7.09. The third kappa shape index (κ3) is 29.1. The van der Waals surface area contributed by atoms with E-state index in [1.54, 1.807) is 83.9 Å². The Balaban J connectivity index is 0.000000576. The second-order valence-corrected chi connectivity index (χ2v) is 21.1. The maximum Gasteiger partial charge on any atom is 0.417 e. The van der Waals surface area contributed by atoms with Crippen LogP contribution >= 0.6 is 70.2 Å². The molecule has 2 aliphatic heterocycles. The minimum Gasteiger partial charge on any atom is -0.480 e. The van der Waals surface area contributed by atoms with E-state index < -0.39 is 58.8 Å². The number of nitrogens with zero attached hydrogens (tertiary/aromatic N) is 3. The molecule has 8 N–H and O–H groups in total. The van der Waals surface area contributed by atoms with Crippen LogP contribution in [0.25, 0.3) is 0 Å². The Hall–Kier alpha value is -7.98. The molecule has 0 bridgehead atoms. The lowest BCUT2D eigenvalue weighted by Gasteiger charge is -2.35. The van der Waals surface area contributed by atoms with E-state index in [4.69, 9.17) is 15.9 Å². The Kier molecular flexibility index (Phi) is 37.4. The number of piperazine rings is 2. The van der Waals surface area contributed by atoms with Crippen LogP contribution in [0.4, 0.5) is 26.3 Å². The van der Waals surface area contributed by atoms with Gasteiger partial charge in [0.1, 0.15) is 18.0 Å².